The van der Waals surface area contributed by atoms with Crippen molar-refractivity contribution in [3.8, 4) is 5.75 Å². The first-order valence-corrected chi connectivity index (χ1v) is 6.46. The van der Waals surface area contributed by atoms with Crippen LogP contribution in [-0.2, 0) is 18.0 Å². The van der Waals surface area contributed by atoms with E-state index in [2.05, 4.69) is 4.98 Å². The molecule has 0 aliphatic heterocycles. The Morgan fingerprint density at radius 2 is 1.95 bits per heavy atom. The van der Waals surface area contributed by atoms with Crippen LogP contribution in [0.5, 0.6) is 5.75 Å². The number of methoxy groups -OCH3 is 1. The molecule has 2 rings (SSSR count). The number of aromatic nitrogens is 1. The highest BCUT2D eigenvalue weighted by molar-refractivity contribution is 6.32. The maximum Gasteiger partial charge on any atom is 0.136 e. The highest BCUT2D eigenvalue weighted by atomic mass is 35.5. The molecule has 0 unspecified atom stereocenters. The van der Waals surface area contributed by atoms with Gasteiger partial charge in [-0.3, -0.25) is 0 Å². The van der Waals surface area contributed by atoms with Crippen LogP contribution in [0, 0.1) is 0 Å². The predicted molar refractivity (Wildman–Crippen MR) is 75.7 cm³/mol. The summed E-state index contributed by atoms with van der Waals surface area (Å²) >= 11 is 11.7. The Bertz CT molecular complexity index is 561. The Balaban J connectivity index is 1.92. The summed E-state index contributed by atoms with van der Waals surface area (Å²) in [7, 11) is 1.64. The molecule has 2 aromatic rings. The molecule has 0 atom stereocenters. The Labute approximate surface area is 122 Å². The molecule has 1 heterocycles. The van der Waals surface area contributed by atoms with E-state index in [4.69, 9.17) is 32.7 Å². The fourth-order valence-electron chi connectivity index (χ4n) is 1.59. The van der Waals surface area contributed by atoms with Gasteiger partial charge in [-0.2, -0.15) is 0 Å². The summed E-state index contributed by atoms with van der Waals surface area (Å²) in [6, 6.07) is 11.2. The van der Waals surface area contributed by atoms with Gasteiger partial charge in [-0.05, 0) is 23.8 Å². The van der Waals surface area contributed by atoms with Crippen LogP contribution < -0.4 is 4.74 Å². The average Bonchev–Trinajstić information content (AvgIpc) is 2.41. The Kier molecular flexibility index (Phi) is 5.02. The number of halogens is 2. The fraction of sp³-hybridized carbons (Fsp3) is 0.214. The molecule has 0 bridgehead atoms. The minimum Gasteiger partial charge on any atom is -0.497 e. The largest absolute Gasteiger partial charge is 0.497 e. The molecule has 0 saturated heterocycles. The SMILES string of the molecule is COc1cccc(COCc2ccc(Cl)nc2Cl)c1. The lowest BCUT2D eigenvalue weighted by molar-refractivity contribution is 0.107. The highest BCUT2D eigenvalue weighted by Crippen LogP contribution is 2.18. The van der Waals surface area contributed by atoms with E-state index in [1.54, 1.807) is 13.2 Å². The number of hydrogen-bond acceptors (Lipinski definition) is 3. The topological polar surface area (TPSA) is 31.4 Å². The zero-order valence-corrected chi connectivity index (χ0v) is 11.9. The van der Waals surface area contributed by atoms with E-state index in [1.165, 1.54) is 0 Å². The van der Waals surface area contributed by atoms with Gasteiger partial charge in [0.1, 0.15) is 16.1 Å². The van der Waals surface area contributed by atoms with Crippen molar-refractivity contribution < 1.29 is 9.47 Å². The van der Waals surface area contributed by atoms with Crippen LogP contribution >= 0.6 is 23.2 Å². The van der Waals surface area contributed by atoms with E-state index >= 15 is 0 Å². The number of rotatable bonds is 5. The smallest absolute Gasteiger partial charge is 0.136 e. The predicted octanol–water partition coefficient (Wildman–Crippen LogP) is 4.11. The molecule has 5 heteroatoms. The molecule has 19 heavy (non-hydrogen) atoms. The van der Waals surface area contributed by atoms with Gasteiger partial charge >= 0.3 is 0 Å². The molecular formula is C14H13Cl2NO2. The van der Waals surface area contributed by atoms with Gasteiger partial charge in [-0.25, -0.2) is 4.98 Å². The van der Waals surface area contributed by atoms with Crippen LogP contribution in [0.15, 0.2) is 36.4 Å². The zero-order valence-electron chi connectivity index (χ0n) is 10.4. The number of pyridine rings is 1. The second-order valence-corrected chi connectivity index (χ2v) is 4.67. The molecule has 0 aliphatic carbocycles. The van der Waals surface area contributed by atoms with Crippen molar-refractivity contribution >= 4 is 23.2 Å². The van der Waals surface area contributed by atoms with E-state index in [9.17, 15) is 0 Å². The van der Waals surface area contributed by atoms with Crippen LogP contribution in [0.3, 0.4) is 0 Å². The lowest BCUT2D eigenvalue weighted by Gasteiger charge is -2.07. The van der Waals surface area contributed by atoms with Crippen LogP contribution in [0.25, 0.3) is 0 Å². The first-order valence-electron chi connectivity index (χ1n) is 5.70. The monoisotopic (exact) mass is 297 g/mol. The van der Waals surface area contributed by atoms with Crippen molar-refractivity contribution in [2.24, 2.45) is 0 Å². The Hall–Kier alpha value is -1.29. The number of nitrogens with zero attached hydrogens (tertiary/aromatic N) is 1. The molecule has 1 aromatic heterocycles. The van der Waals surface area contributed by atoms with Gasteiger partial charge in [0.15, 0.2) is 0 Å². The lowest BCUT2D eigenvalue weighted by Crippen LogP contribution is -1.96. The first kappa shape index (κ1) is 14.1. The second kappa shape index (κ2) is 6.75. The van der Waals surface area contributed by atoms with Crippen molar-refractivity contribution in [1.29, 1.82) is 0 Å². The van der Waals surface area contributed by atoms with Gasteiger partial charge in [0.2, 0.25) is 0 Å². The van der Waals surface area contributed by atoms with Crippen molar-refractivity contribution in [2.45, 2.75) is 13.2 Å². The van der Waals surface area contributed by atoms with Crippen molar-refractivity contribution in [2.75, 3.05) is 7.11 Å². The maximum absolute atomic E-state index is 5.96. The molecular weight excluding hydrogens is 285 g/mol. The molecule has 0 fully saturated rings. The summed E-state index contributed by atoms with van der Waals surface area (Å²) in [5, 5.41) is 0.750. The van der Waals surface area contributed by atoms with Gasteiger partial charge in [-0.15, -0.1) is 0 Å². The summed E-state index contributed by atoms with van der Waals surface area (Å²) in [5.74, 6) is 0.812. The minimum absolute atomic E-state index is 0.373. The first-order chi connectivity index (χ1) is 9.19. The minimum atomic E-state index is 0.373. The molecule has 0 aliphatic rings. The fourth-order valence-corrected chi connectivity index (χ4v) is 1.99. The van der Waals surface area contributed by atoms with E-state index in [0.29, 0.717) is 23.5 Å². The normalized spacial score (nSPS) is 10.5. The van der Waals surface area contributed by atoms with Crippen LogP contribution in [0.4, 0.5) is 0 Å². The van der Waals surface area contributed by atoms with Gasteiger partial charge in [0.25, 0.3) is 0 Å². The molecule has 0 radical (unpaired) electrons. The average molecular weight is 298 g/mol. The lowest BCUT2D eigenvalue weighted by atomic mass is 10.2. The standard InChI is InChI=1S/C14H13Cl2NO2/c1-18-12-4-2-3-10(7-12)8-19-9-11-5-6-13(15)17-14(11)16/h2-7H,8-9H2,1H3. The van der Waals surface area contributed by atoms with Crippen molar-refractivity contribution in [1.82, 2.24) is 4.98 Å². The third kappa shape index (κ3) is 4.10. The second-order valence-electron chi connectivity index (χ2n) is 3.93. The molecule has 100 valence electrons. The van der Waals surface area contributed by atoms with Gasteiger partial charge in [0, 0.05) is 5.56 Å². The number of benzene rings is 1. The molecule has 0 spiro atoms. The van der Waals surface area contributed by atoms with Crippen LogP contribution in [0.2, 0.25) is 10.3 Å². The quantitative estimate of drug-likeness (QED) is 0.778. The van der Waals surface area contributed by atoms with E-state index in [0.717, 1.165) is 16.9 Å². The summed E-state index contributed by atoms with van der Waals surface area (Å²) in [6.45, 7) is 0.871. The highest BCUT2D eigenvalue weighted by Gasteiger charge is 2.03. The van der Waals surface area contributed by atoms with Gasteiger partial charge in [0.05, 0.1) is 20.3 Å². The summed E-state index contributed by atoms with van der Waals surface area (Å²) in [5.41, 5.74) is 1.85. The number of ether oxygens (including phenoxy) is 2. The molecule has 0 saturated carbocycles. The summed E-state index contributed by atoms with van der Waals surface area (Å²) < 4.78 is 10.8. The zero-order chi connectivity index (χ0) is 13.7. The Morgan fingerprint density at radius 3 is 2.68 bits per heavy atom. The van der Waals surface area contributed by atoms with E-state index in [-0.39, 0.29) is 0 Å². The van der Waals surface area contributed by atoms with E-state index in [1.807, 2.05) is 30.3 Å². The summed E-state index contributed by atoms with van der Waals surface area (Å²) in [6.07, 6.45) is 0. The molecule has 1 aromatic carbocycles. The number of hydrogen-bond donors (Lipinski definition) is 0. The van der Waals surface area contributed by atoms with E-state index < -0.39 is 0 Å². The Morgan fingerprint density at radius 1 is 1.11 bits per heavy atom. The summed E-state index contributed by atoms with van der Waals surface area (Å²) in [4.78, 5) is 3.96. The molecule has 0 N–H and O–H groups in total. The van der Waals surface area contributed by atoms with Crippen LogP contribution in [0.1, 0.15) is 11.1 Å². The third-order valence-corrected chi connectivity index (χ3v) is 3.09. The van der Waals surface area contributed by atoms with Crippen LogP contribution in [-0.4, -0.2) is 12.1 Å². The van der Waals surface area contributed by atoms with Gasteiger partial charge in [-0.1, -0.05) is 41.4 Å². The third-order valence-electron chi connectivity index (χ3n) is 2.55. The molecule has 3 nitrogen and oxygen atoms in total. The van der Waals surface area contributed by atoms with Crippen molar-refractivity contribution in [3.63, 3.8) is 0 Å². The van der Waals surface area contributed by atoms with Gasteiger partial charge < -0.3 is 9.47 Å². The van der Waals surface area contributed by atoms with Crippen molar-refractivity contribution in [3.05, 3.63) is 57.8 Å². The molecule has 0 amide bonds. The maximum atomic E-state index is 5.96.